The zero-order valence-corrected chi connectivity index (χ0v) is 15.6. The summed E-state index contributed by atoms with van der Waals surface area (Å²) >= 11 is 7.10. The summed E-state index contributed by atoms with van der Waals surface area (Å²) in [7, 11) is -3.82. The molecule has 3 aromatic rings. The number of allylic oxidation sites excluding steroid dienone is 1. The first kappa shape index (κ1) is 17.7. The molecule has 0 amide bonds. The third-order valence-electron chi connectivity index (χ3n) is 3.49. The predicted octanol–water partition coefficient (Wildman–Crippen LogP) is 4.35. The van der Waals surface area contributed by atoms with Gasteiger partial charge in [-0.1, -0.05) is 48.0 Å². The third kappa shape index (κ3) is 3.92. The summed E-state index contributed by atoms with van der Waals surface area (Å²) in [4.78, 5) is 0.505. The van der Waals surface area contributed by atoms with Gasteiger partial charge in [-0.2, -0.15) is 8.42 Å². The van der Waals surface area contributed by atoms with Crippen molar-refractivity contribution in [2.75, 3.05) is 0 Å². The molecule has 2 aromatic carbocycles. The van der Waals surface area contributed by atoms with Gasteiger partial charge in [-0.3, -0.25) is 0 Å². The molecule has 4 nitrogen and oxygen atoms in total. The van der Waals surface area contributed by atoms with Gasteiger partial charge in [-0.15, -0.1) is 22.3 Å². The average Bonchev–Trinajstić information content (AvgIpc) is 2.98. The van der Waals surface area contributed by atoms with Crippen LogP contribution < -0.4 is 4.80 Å². The van der Waals surface area contributed by atoms with Gasteiger partial charge in [-0.25, -0.2) is 0 Å². The van der Waals surface area contributed by atoms with Crippen molar-refractivity contribution >= 4 is 33.0 Å². The zero-order chi connectivity index (χ0) is 17.9. The van der Waals surface area contributed by atoms with Gasteiger partial charge in [0.2, 0.25) is 4.80 Å². The van der Waals surface area contributed by atoms with Gasteiger partial charge in [0.05, 0.1) is 10.6 Å². The second-order valence-corrected chi connectivity index (χ2v) is 8.07. The lowest BCUT2D eigenvalue weighted by molar-refractivity contribution is 0.595. The van der Waals surface area contributed by atoms with E-state index in [0.717, 1.165) is 11.3 Å². The molecule has 3 rings (SSSR count). The van der Waals surface area contributed by atoms with Crippen LogP contribution in [-0.4, -0.2) is 13.0 Å². The number of nitrogens with zero attached hydrogens (tertiary/aromatic N) is 2. The molecule has 0 N–H and O–H groups in total. The van der Waals surface area contributed by atoms with Gasteiger partial charge in [0.25, 0.3) is 10.0 Å². The summed E-state index contributed by atoms with van der Waals surface area (Å²) in [6.07, 6.45) is 1.72. The maximum Gasteiger partial charge on any atom is 0.285 e. The maximum atomic E-state index is 12.6. The number of halogens is 1. The largest absolute Gasteiger partial charge is 0.312 e. The molecule has 0 radical (unpaired) electrons. The summed E-state index contributed by atoms with van der Waals surface area (Å²) in [6, 6.07) is 15.7. The molecule has 0 atom stereocenters. The lowest BCUT2D eigenvalue weighted by Crippen LogP contribution is -2.17. The molecular formula is C18H15ClN2O2S2. The normalized spacial score (nSPS) is 12.3. The van der Waals surface area contributed by atoms with E-state index < -0.39 is 10.0 Å². The Balaban J connectivity index is 2.13. The Morgan fingerprint density at radius 3 is 2.44 bits per heavy atom. The molecule has 1 aromatic heterocycles. The van der Waals surface area contributed by atoms with Crippen molar-refractivity contribution in [1.29, 1.82) is 0 Å². The SMILES string of the molecule is C=CCn1c(-c2ccccc2)csc1=NS(=O)(=O)c1ccc(Cl)cc1. The van der Waals surface area contributed by atoms with Crippen LogP contribution in [0.15, 0.2) is 81.9 Å². The van der Waals surface area contributed by atoms with Crippen LogP contribution in [0.4, 0.5) is 0 Å². The molecule has 0 fully saturated rings. The Labute approximate surface area is 155 Å². The van der Waals surface area contributed by atoms with Crippen molar-refractivity contribution < 1.29 is 8.42 Å². The molecule has 0 aliphatic rings. The van der Waals surface area contributed by atoms with Crippen LogP contribution in [0.25, 0.3) is 11.3 Å². The highest BCUT2D eigenvalue weighted by Gasteiger charge is 2.14. The molecule has 7 heteroatoms. The van der Waals surface area contributed by atoms with Crippen LogP contribution in [0.2, 0.25) is 5.02 Å². The fourth-order valence-corrected chi connectivity index (χ4v) is 4.57. The number of aromatic nitrogens is 1. The van der Waals surface area contributed by atoms with Gasteiger partial charge in [0.1, 0.15) is 0 Å². The number of thiazole rings is 1. The summed E-state index contributed by atoms with van der Waals surface area (Å²) in [5.74, 6) is 0. The van der Waals surface area contributed by atoms with Crippen LogP contribution >= 0.6 is 22.9 Å². The van der Waals surface area contributed by atoms with E-state index in [-0.39, 0.29) is 4.90 Å². The summed E-state index contributed by atoms with van der Waals surface area (Å²) in [5, 5.41) is 2.37. The van der Waals surface area contributed by atoms with Crippen LogP contribution in [0.1, 0.15) is 0 Å². The minimum atomic E-state index is -3.82. The van der Waals surface area contributed by atoms with E-state index in [1.807, 2.05) is 40.3 Å². The van der Waals surface area contributed by atoms with Crippen LogP contribution in [0.5, 0.6) is 0 Å². The van der Waals surface area contributed by atoms with Crippen molar-refractivity contribution in [2.24, 2.45) is 4.40 Å². The van der Waals surface area contributed by atoms with E-state index in [1.165, 1.54) is 35.6 Å². The summed E-state index contributed by atoms with van der Waals surface area (Å²) < 4.78 is 31.0. The number of benzene rings is 2. The smallest absolute Gasteiger partial charge is 0.285 e. The highest BCUT2D eigenvalue weighted by Crippen LogP contribution is 2.21. The molecule has 0 saturated heterocycles. The second-order valence-electron chi connectivity index (χ2n) is 5.19. The summed E-state index contributed by atoms with van der Waals surface area (Å²) in [6.45, 7) is 4.21. The van der Waals surface area contributed by atoms with Crippen molar-refractivity contribution in [2.45, 2.75) is 11.4 Å². The highest BCUT2D eigenvalue weighted by atomic mass is 35.5. The Morgan fingerprint density at radius 2 is 1.80 bits per heavy atom. The van der Waals surface area contributed by atoms with Crippen LogP contribution in [0, 0.1) is 0 Å². The molecule has 0 unspecified atom stereocenters. The number of sulfonamides is 1. The molecule has 0 aliphatic heterocycles. The van der Waals surface area contributed by atoms with Gasteiger partial charge in [-0.05, 0) is 29.8 Å². The Hall–Kier alpha value is -2.15. The van der Waals surface area contributed by atoms with Gasteiger partial charge >= 0.3 is 0 Å². The third-order valence-corrected chi connectivity index (χ3v) is 6.00. The first-order valence-electron chi connectivity index (χ1n) is 7.42. The quantitative estimate of drug-likeness (QED) is 0.608. The molecule has 1 heterocycles. The average molecular weight is 391 g/mol. The highest BCUT2D eigenvalue weighted by molar-refractivity contribution is 7.90. The zero-order valence-electron chi connectivity index (χ0n) is 13.2. The number of hydrogen-bond donors (Lipinski definition) is 0. The van der Waals surface area contributed by atoms with Crippen molar-refractivity contribution in [1.82, 2.24) is 4.57 Å². The molecule has 0 bridgehead atoms. The molecule has 0 saturated carbocycles. The van der Waals surface area contributed by atoms with Crippen LogP contribution in [0.3, 0.4) is 0 Å². The monoisotopic (exact) mass is 390 g/mol. The topological polar surface area (TPSA) is 51.4 Å². The fourth-order valence-electron chi connectivity index (χ4n) is 2.31. The number of hydrogen-bond acceptors (Lipinski definition) is 3. The lowest BCUT2D eigenvalue weighted by Gasteiger charge is -2.06. The number of rotatable bonds is 5. The Morgan fingerprint density at radius 1 is 1.12 bits per heavy atom. The molecule has 128 valence electrons. The van der Waals surface area contributed by atoms with Crippen molar-refractivity contribution in [3.8, 4) is 11.3 Å². The maximum absolute atomic E-state index is 12.6. The first-order valence-corrected chi connectivity index (χ1v) is 10.1. The minimum Gasteiger partial charge on any atom is -0.312 e. The summed E-state index contributed by atoms with van der Waals surface area (Å²) in [5.41, 5.74) is 1.89. The fraction of sp³-hybridized carbons (Fsp3) is 0.0556. The Bertz CT molecular complexity index is 1050. The van der Waals surface area contributed by atoms with Gasteiger partial charge < -0.3 is 4.57 Å². The Kier molecular flexibility index (Phi) is 5.22. The molecular weight excluding hydrogens is 376 g/mol. The van der Waals surface area contributed by atoms with E-state index in [4.69, 9.17) is 11.6 Å². The standard InChI is InChI=1S/C18H15ClN2O2S2/c1-2-12-21-17(14-6-4-3-5-7-14)13-24-18(21)20-25(22,23)16-10-8-15(19)9-11-16/h2-11,13H,1,12H2. The first-order chi connectivity index (χ1) is 12.0. The van der Waals surface area contributed by atoms with Crippen molar-refractivity contribution in [3.63, 3.8) is 0 Å². The van der Waals surface area contributed by atoms with E-state index in [2.05, 4.69) is 11.0 Å². The minimum absolute atomic E-state index is 0.108. The van der Waals surface area contributed by atoms with Crippen molar-refractivity contribution in [3.05, 3.63) is 82.5 Å². The lowest BCUT2D eigenvalue weighted by atomic mass is 10.2. The van der Waals surface area contributed by atoms with E-state index in [0.29, 0.717) is 16.4 Å². The predicted molar refractivity (Wildman–Crippen MR) is 102 cm³/mol. The molecule has 0 aliphatic carbocycles. The van der Waals surface area contributed by atoms with E-state index >= 15 is 0 Å². The second kappa shape index (κ2) is 7.39. The van der Waals surface area contributed by atoms with E-state index in [9.17, 15) is 8.42 Å². The van der Waals surface area contributed by atoms with Gasteiger partial charge in [0.15, 0.2) is 0 Å². The van der Waals surface area contributed by atoms with Gasteiger partial charge in [0, 0.05) is 16.9 Å². The molecule has 25 heavy (non-hydrogen) atoms. The molecule has 0 spiro atoms. The van der Waals surface area contributed by atoms with E-state index in [1.54, 1.807) is 6.08 Å². The van der Waals surface area contributed by atoms with Crippen LogP contribution in [-0.2, 0) is 16.6 Å².